The molecule has 1 aliphatic carbocycles. The summed E-state index contributed by atoms with van der Waals surface area (Å²) in [6.45, 7) is 2.68. The molecule has 0 saturated carbocycles. The van der Waals surface area contributed by atoms with Gasteiger partial charge in [0.25, 0.3) is 0 Å². The number of rotatable bonds is 6. The predicted octanol–water partition coefficient (Wildman–Crippen LogP) is 2.91. The Kier molecular flexibility index (Phi) is 6.17. The number of piperidine rings is 1. The van der Waals surface area contributed by atoms with E-state index in [0.29, 0.717) is 18.8 Å². The number of likely N-dealkylation sites (tertiary alicyclic amines) is 1. The Morgan fingerprint density at radius 2 is 1.85 bits per heavy atom. The lowest BCUT2D eigenvalue weighted by molar-refractivity contribution is -0.122. The third-order valence-corrected chi connectivity index (χ3v) is 6.57. The van der Waals surface area contributed by atoms with Gasteiger partial charge in [-0.1, -0.05) is 6.07 Å². The molecule has 2 N–H and O–H groups in total. The number of carbonyl (C=O) groups is 1. The first-order chi connectivity index (χ1) is 15.9. The van der Waals surface area contributed by atoms with Crippen LogP contribution in [0.15, 0.2) is 39.7 Å². The number of sulfonamides is 1. The topological polar surface area (TPSA) is 103 Å². The molecule has 0 aromatic heterocycles. The molecule has 2 atom stereocenters. The lowest BCUT2D eigenvalue weighted by Gasteiger charge is -2.44. The summed E-state index contributed by atoms with van der Waals surface area (Å²) >= 11 is 0. The van der Waals surface area contributed by atoms with Gasteiger partial charge in [-0.15, -0.1) is 5.10 Å². The Balaban J connectivity index is 1.55. The average molecular weight is 502 g/mol. The van der Waals surface area contributed by atoms with Crippen molar-refractivity contribution < 1.29 is 30.8 Å². The van der Waals surface area contributed by atoms with Crippen LogP contribution in [0.2, 0.25) is 0 Å². The Bertz CT molecular complexity index is 1220. The first-order valence-corrected chi connectivity index (χ1v) is 12.6. The van der Waals surface area contributed by atoms with Crippen LogP contribution in [-0.4, -0.2) is 62.2 Å². The molecule has 1 fully saturated rings. The molecule has 2 heterocycles. The molecule has 184 valence electrons. The van der Waals surface area contributed by atoms with Crippen LogP contribution in [0.4, 0.5) is 23.2 Å². The number of nitrogens with zero attached hydrogens (tertiary/aromatic N) is 3. The van der Waals surface area contributed by atoms with Crippen molar-refractivity contribution in [2.24, 2.45) is 10.2 Å². The van der Waals surface area contributed by atoms with Crippen LogP contribution in [0, 0.1) is 5.82 Å². The van der Waals surface area contributed by atoms with E-state index in [-0.39, 0.29) is 22.5 Å². The van der Waals surface area contributed by atoms with Crippen LogP contribution in [0.25, 0.3) is 0 Å². The Morgan fingerprint density at radius 1 is 1.18 bits per heavy atom. The molecule has 1 aromatic rings. The van der Waals surface area contributed by atoms with Gasteiger partial charge in [0.15, 0.2) is 5.71 Å². The molecule has 3 aliphatic rings. The maximum absolute atomic E-state index is 14.3. The summed E-state index contributed by atoms with van der Waals surface area (Å²) in [5.74, 6) is -2.43. The van der Waals surface area contributed by atoms with E-state index in [0.717, 1.165) is 31.6 Å². The number of hydrogen-bond acceptors (Lipinski definition) is 6. The van der Waals surface area contributed by atoms with Crippen LogP contribution in [0.3, 0.4) is 0 Å². The summed E-state index contributed by atoms with van der Waals surface area (Å²) in [6.07, 6.45) is -1.15. The zero-order valence-corrected chi connectivity index (χ0v) is 19.2. The number of hydrogen-bond donors (Lipinski definition) is 2. The number of alkyl halides is 3. The molecule has 2 aliphatic heterocycles. The average Bonchev–Trinajstić information content (AvgIpc) is 2.76. The molecule has 0 radical (unpaired) electrons. The van der Waals surface area contributed by atoms with E-state index in [1.165, 1.54) is 19.1 Å². The van der Waals surface area contributed by atoms with Gasteiger partial charge in [-0.3, -0.25) is 9.52 Å². The number of halogens is 4. The van der Waals surface area contributed by atoms with Crippen molar-refractivity contribution in [3.05, 3.63) is 40.8 Å². The minimum Gasteiger partial charge on any atom is -0.370 e. The first-order valence-electron chi connectivity index (χ1n) is 10.7. The van der Waals surface area contributed by atoms with Crippen molar-refractivity contribution >= 4 is 33.0 Å². The summed E-state index contributed by atoms with van der Waals surface area (Å²) < 4.78 is 79.9. The van der Waals surface area contributed by atoms with Gasteiger partial charge in [0.1, 0.15) is 17.6 Å². The van der Waals surface area contributed by atoms with E-state index < -0.39 is 45.6 Å². The summed E-state index contributed by atoms with van der Waals surface area (Å²) in [4.78, 5) is 14.7. The van der Waals surface area contributed by atoms with Crippen LogP contribution >= 0.6 is 0 Å². The molecule has 1 amide bonds. The number of carbonyl (C=O) groups excluding carboxylic acids is 1. The van der Waals surface area contributed by atoms with Gasteiger partial charge >= 0.3 is 6.18 Å². The van der Waals surface area contributed by atoms with E-state index in [9.17, 15) is 30.8 Å². The maximum atomic E-state index is 14.3. The normalized spacial score (nSPS) is 21.4. The van der Waals surface area contributed by atoms with E-state index >= 15 is 0 Å². The molecule has 2 unspecified atom stereocenters. The fourth-order valence-electron chi connectivity index (χ4n) is 4.28. The molecule has 2 bridgehead atoms. The quantitative estimate of drug-likeness (QED) is 0.585. The van der Waals surface area contributed by atoms with Crippen molar-refractivity contribution in [1.29, 1.82) is 0 Å². The minimum atomic E-state index is -4.73. The van der Waals surface area contributed by atoms with Crippen LogP contribution in [0.5, 0.6) is 0 Å². The van der Waals surface area contributed by atoms with Gasteiger partial charge in [-0.05, 0) is 43.9 Å². The monoisotopic (exact) mass is 501 g/mol. The summed E-state index contributed by atoms with van der Waals surface area (Å²) in [6, 6.07) is 2.51. The second kappa shape index (κ2) is 8.67. The van der Waals surface area contributed by atoms with Crippen molar-refractivity contribution in [2.75, 3.05) is 24.1 Å². The van der Waals surface area contributed by atoms with Crippen molar-refractivity contribution in [3.63, 3.8) is 0 Å². The van der Waals surface area contributed by atoms with Crippen LogP contribution in [0.1, 0.15) is 37.7 Å². The van der Waals surface area contributed by atoms with Gasteiger partial charge < -0.3 is 10.2 Å². The third kappa shape index (κ3) is 4.65. The van der Waals surface area contributed by atoms with Crippen molar-refractivity contribution in [2.45, 2.75) is 44.3 Å². The van der Waals surface area contributed by atoms with E-state index in [4.69, 9.17) is 0 Å². The molecule has 1 aromatic carbocycles. The number of nitrogens with one attached hydrogen (secondary N) is 2. The molecular weight excluding hydrogens is 478 g/mol. The van der Waals surface area contributed by atoms with Crippen LogP contribution in [-0.2, 0) is 14.8 Å². The maximum Gasteiger partial charge on any atom is 0.435 e. The highest BCUT2D eigenvalue weighted by molar-refractivity contribution is 7.92. The molecule has 8 nitrogen and oxygen atoms in total. The van der Waals surface area contributed by atoms with Gasteiger partial charge in [-0.25, -0.2) is 12.8 Å². The summed E-state index contributed by atoms with van der Waals surface area (Å²) in [7, 11) is -3.70. The second-order valence-electron chi connectivity index (χ2n) is 8.52. The highest BCUT2D eigenvalue weighted by atomic mass is 32.2. The number of fused-ring (bicyclic) bond motifs is 2. The first kappa shape index (κ1) is 24.2. The third-order valence-electron chi connectivity index (χ3n) is 5.98. The van der Waals surface area contributed by atoms with Gasteiger partial charge in [0.2, 0.25) is 15.9 Å². The molecular formula is C21H23F4N5O3S. The number of amides is 1. The van der Waals surface area contributed by atoms with E-state index in [1.807, 2.05) is 9.62 Å². The SMILES string of the molecule is CC(C(=O)NC1C2=NN=C(C(F)(F)F)C1=C2N1CCCCC1)c1ccc(NS(C)(=O)=O)c(F)c1. The molecule has 1 saturated heterocycles. The van der Waals surface area contributed by atoms with Crippen molar-refractivity contribution in [1.82, 2.24) is 10.2 Å². The predicted molar refractivity (Wildman–Crippen MR) is 119 cm³/mol. The smallest absolute Gasteiger partial charge is 0.370 e. The fourth-order valence-corrected chi connectivity index (χ4v) is 4.85. The largest absolute Gasteiger partial charge is 0.435 e. The molecule has 13 heteroatoms. The molecule has 34 heavy (non-hydrogen) atoms. The Labute approximate surface area is 193 Å². The highest BCUT2D eigenvalue weighted by Crippen LogP contribution is 2.40. The van der Waals surface area contributed by atoms with E-state index in [2.05, 4.69) is 15.5 Å². The van der Waals surface area contributed by atoms with Crippen molar-refractivity contribution in [3.8, 4) is 0 Å². The standard InChI is InChI=1S/C21H23F4N5O3S/c1-11(12-6-7-14(13(22)10-12)29-34(2,32)33)20(31)26-16-15-18(30-8-4-3-5-9-30)17(16)27-28-19(15)21(23,24)25/h6-7,10-11,16,29H,3-5,8-9H2,1-2H3,(H,26,31). The second-order valence-corrected chi connectivity index (χ2v) is 10.3. The van der Waals surface area contributed by atoms with Gasteiger partial charge in [0, 0.05) is 18.7 Å². The van der Waals surface area contributed by atoms with Crippen LogP contribution < -0.4 is 10.0 Å². The fraction of sp³-hybridized carbons (Fsp3) is 0.476. The highest BCUT2D eigenvalue weighted by Gasteiger charge is 2.53. The Morgan fingerprint density at radius 3 is 2.44 bits per heavy atom. The summed E-state index contributed by atoms with van der Waals surface area (Å²) in [5, 5.41) is 9.69. The van der Waals surface area contributed by atoms with Gasteiger partial charge in [0.05, 0.1) is 23.6 Å². The van der Waals surface area contributed by atoms with E-state index in [1.54, 1.807) is 0 Å². The summed E-state index contributed by atoms with van der Waals surface area (Å²) in [5.41, 5.74) is -0.604. The van der Waals surface area contributed by atoms with Gasteiger partial charge in [-0.2, -0.15) is 18.3 Å². The minimum absolute atomic E-state index is 0.0983. The molecule has 4 rings (SSSR count). The molecule has 0 spiro atoms. The number of benzene rings is 1. The lowest BCUT2D eigenvalue weighted by Crippen LogP contribution is -2.59. The lowest BCUT2D eigenvalue weighted by atomic mass is 9.79. The zero-order valence-electron chi connectivity index (χ0n) is 18.4. The Hall–Kier alpha value is -2.96. The number of anilines is 1. The zero-order chi connectivity index (χ0) is 24.8.